The molecule has 0 saturated carbocycles. The highest BCUT2D eigenvalue weighted by Crippen LogP contribution is 2.29. The summed E-state index contributed by atoms with van der Waals surface area (Å²) in [5.74, 6) is 1.63. The zero-order valence-electron chi connectivity index (χ0n) is 16.9. The Kier molecular flexibility index (Phi) is 7.10. The van der Waals surface area contributed by atoms with Gasteiger partial charge in [0.15, 0.2) is 5.96 Å². The number of nitrogens with one attached hydrogen (secondary N) is 1. The fourth-order valence-electron chi connectivity index (χ4n) is 3.13. The number of rotatable bonds is 6. The Labute approximate surface area is 163 Å². The van der Waals surface area contributed by atoms with Gasteiger partial charge in [-0.2, -0.15) is 13.2 Å². The van der Waals surface area contributed by atoms with Gasteiger partial charge in [0.2, 0.25) is 0 Å². The van der Waals surface area contributed by atoms with E-state index in [4.69, 9.17) is 4.52 Å². The Morgan fingerprint density at radius 2 is 1.89 bits per heavy atom. The lowest BCUT2D eigenvalue weighted by Crippen LogP contribution is -2.38. The van der Waals surface area contributed by atoms with Crippen LogP contribution in [0.25, 0.3) is 0 Å². The molecule has 1 atom stereocenters. The molecule has 0 spiro atoms. The number of aryl methyl sites for hydroxylation is 2. The molecule has 154 valence electrons. The van der Waals surface area contributed by atoms with E-state index in [-0.39, 0.29) is 5.92 Å². The molecule has 2 rings (SSSR count). The van der Waals surface area contributed by atoms with Crippen LogP contribution in [0.1, 0.15) is 47.9 Å². The first kappa shape index (κ1) is 21.8. The maximum Gasteiger partial charge on any atom is 0.416 e. The van der Waals surface area contributed by atoms with Crippen molar-refractivity contribution in [3.05, 3.63) is 52.4 Å². The summed E-state index contributed by atoms with van der Waals surface area (Å²) >= 11 is 0. The summed E-state index contributed by atoms with van der Waals surface area (Å²) in [4.78, 5) is 6.58. The Balaban J connectivity index is 2.08. The smallest absolute Gasteiger partial charge is 0.361 e. The van der Waals surface area contributed by atoms with Crippen LogP contribution >= 0.6 is 0 Å². The summed E-state index contributed by atoms with van der Waals surface area (Å²) in [7, 11) is 1.86. The van der Waals surface area contributed by atoms with Crippen molar-refractivity contribution >= 4 is 5.96 Å². The predicted octanol–water partition coefficient (Wildman–Crippen LogP) is 4.51. The van der Waals surface area contributed by atoms with E-state index < -0.39 is 11.7 Å². The van der Waals surface area contributed by atoms with Gasteiger partial charge in [-0.25, -0.2) is 0 Å². The number of aromatic nitrogens is 1. The number of hydrogen-bond donors (Lipinski definition) is 1. The van der Waals surface area contributed by atoms with Crippen molar-refractivity contribution in [1.82, 2.24) is 15.4 Å². The van der Waals surface area contributed by atoms with E-state index >= 15 is 0 Å². The first-order chi connectivity index (χ1) is 13.1. The van der Waals surface area contributed by atoms with Crippen LogP contribution in [0.3, 0.4) is 0 Å². The van der Waals surface area contributed by atoms with Crippen molar-refractivity contribution in [2.45, 2.75) is 46.3 Å². The minimum absolute atomic E-state index is 0.138. The Bertz CT molecular complexity index is 777. The average Bonchev–Trinajstić information content (AvgIpc) is 2.96. The van der Waals surface area contributed by atoms with Crippen LogP contribution in [-0.2, 0) is 12.7 Å². The number of alkyl halides is 3. The third-order valence-corrected chi connectivity index (χ3v) is 4.49. The lowest BCUT2D eigenvalue weighted by atomic mass is 10.00. The average molecular weight is 396 g/mol. The number of benzene rings is 1. The second kappa shape index (κ2) is 9.12. The summed E-state index contributed by atoms with van der Waals surface area (Å²) in [6.07, 6.45) is -4.32. The normalized spacial score (nSPS) is 13.5. The summed E-state index contributed by atoms with van der Waals surface area (Å²) in [6.45, 7) is 9.52. The Morgan fingerprint density at radius 1 is 1.25 bits per heavy atom. The summed E-state index contributed by atoms with van der Waals surface area (Å²) in [5, 5.41) is 7.21. The second-order valence-electron chi connectivity index (χ2n) is 6.88. The maximum atomic E-state index is 12.7. The van der Waals surface area contributed by atoms with E-state index in [1.54, 1.807) is 0 Å². The SMILES string of the molecule is CCNC(=NCC(C)c1c(C)noc1C)N(C)Cc1ccc(C(F)(F)F)cc1. The first-order valence-corrected chi connectivity index (χ1v) is 9.21. The van der Waals surface area contributed by atoms with Crippen molar-refractivity contribution in [3.63, 3.8) is 0 Å². The highest BCUT2D eigenvalue weighted by molar-refractivity contribution is 5.79. The Morgan fingerprint density at radius 3 is 2.39 bits per heavy atom. The molecule has 1 N–H and O–H groups in total. The van der Waals surface area contributed by atoms with Crippen LogP contribution in [0.4, 0.5) is 13.2 Å². The van der Waals surface area contributed by atoms with E-state index in [1.807, 2.05) is 32.7 Å². The lowest BCUT2D eigenvalue weighted by molar-refractivity contribution is -0.137. The summed E-state index contributed by atoms with van der Waals surface area (Å²) < 4.78 is 43.4. The van der Waals surface area contributed by atoms with Gasteiger partial charge < -0.3 is 14.7 Å². The molecule has 0 aliphatic carbocycles. The quantitative estimate of drug-likeness (QED) is 0.577. The second-order valence-corrected chi connectivity index (χ2v) is 6.88. The molecule has 0 bridgehead atoms. The predicted molar refractivity (Wildman–Crippen MR) is 103 cm³/mol. The molecule has 0 radical (unpaired) electrons. The first-order valence-electron chi connectivity index (χ1n) is 9.21. The fraction of sp³-hybridized carbons (Fsp3) is 0.500. The van der Waals surface area contributed by atoms with Gasteiger partial charge in [-0.05, 0) is 38.5 Å². The minimum Gasteiger partial charge on any atom is -0.361 e. The zero-order chi connectivity index (χ0) is 20.9. The molecule has 0 saturated heterocycles. The van der Waals surface area contributed by atoms with Crippen LogP contribution < -0.4 is 5.32 Å². The molecule has 0 aliphatic heterocycles. The van der Waals surface area contributed by atoms with Crippen LogP contribution in [0.5, 0.6) is 0 Å². The molecule has 28 heavy (non-hydrogen) atoms. The fourth-order valence-corrected chi connectivity index (χ4v) is 3.13. The maximum absolute atomic E-state index is 12.7. The minimum atomic E-state index is -4.32. The number of nitrogens with zero attached hydrogens (tertiary/aromatic N) is 3. The van der Waals surface area contributed by atoms with Crippen LogP contribution in [0.15, 0.2) is 33.8 Å². The van der Waals surface area contributed by atoms with Gasteiger partial charge >= 0.3 is 6.18 Å². The molecule has 0 fully saturated rings. The molecule has 1 unspecified atom stereocenters. The van der Waals surface area contributed by atoms with Gasteiger partial charge in [0.05, 0.1) is 11.3 Å². The Hall–Kier alpha value is -2.51. The van der Waals surface area contributed by atoms with Crippen molar-refractivity contribution in [1.29, 1.82) is 0 Å². The standard InChI is InChI=1S/C20H27F3N4O/c1-6-24-19(25-11-13(2)18-14(3)26-28-15(18)4)27(5)12-16-7-9-17(10-8-16)20(21,22)23/h7-10,13H,6,11-12H2,1-5H3,(H,24,25). The molecule has 1 aromatic carbocycles. The van der Waals surface area contributed by atoms with Crippen molar-refractivity contribution in [2.75, 3.05) is 20.1 Å². The third kappa shape index (κ3) is 5.50. The van der Waals surface area contributed by atoms with Crippen LogP contribution in [-0.4, -0.2) is 36.2 Å². The third-order valence-electron chi connectivity index (χ3n) is 4.49. The number of hydrogen-bond acceptors (Lipinski definition) is 3. The molecule has 1 aromatic heterocycles. The molecule has 8 heteroatoms. The van der Waals surface area contributed by atoms with Crippen molar-refractivity contribution < 1.29 is 17.7 Å². The number of aliphatic imine (C=N–C) groups is 1. The highest BCUT2D eigenvalue weighted by atomic mass is 19.4. The monoisotopic (exact) mass is 396 g/mol. The van der Waals surface area contributed by atoms with E-state index in [2.05, 4.69) is 22.4 Å². The molecular weight excluding hydrogens is 369 g/mol. The van der Waals surface area contributed by atoms with Crippen LogP contribution in [0.2, 0.25) is 0 Å². The van der Waals surface area contributed by atoms with Gasteiger partial charge in [0, 0.05) is 38.2 Å². The van der Waals surface area contributed by atoms with E-state index in [0.29, 0.717) is 25.6 Å². The highest BCUT2D eigenvalue weighted by Gasteiger charge is 2.30. The van der Waals surface area contributed by atoms with Crippen molar-refractivity contribution in [3.8, 4) is 0 Å². The molecule has 1 heterocycles. The molecule has 0 aliphatic rings. The number of guanidine groups is 1. The van der Waals surface area contributed by atoms with E-state index in [0.717, 1.165) is 34.7 Å². The molecule has 5 nitrogen and oxygen atoms in total. The largest absolute Gasteiger partial charge is 0.416 e. The van der Waals surface area contributed by atoms with Gasteiger partial charge in [0.25, 0.3) is 0 Å². The van der Waals surface area contributed by atoms with Gasteiger partial charge in [0.1, 0.15) is 5.76 Å². The summed E-state index contributed by atoms with van der Waals surface area (Å²) in [5.41, 5.74) is 2.06. The molecule has 2 aromatic rings. The zero-order valence-corrected chi connectivity index (χ0v) is 16.9. The molecular formula is C20H27F3N4O. The van der Waals surface area contributed by atoms with Gasteiger partial charge in [-0.3, -0.25) is 4.99 Å². The lowest BCUT2D eigenvalue weighted by Gasteiger charge is -2.23. The number of halogens is 3. The van der Waals surface area contributed by atoms with E-state index in [9.17, 15) is 13.2 Å². The van der Waals surface area contributed by atoms with Crippen LogP contribution in [0, 0.1) is 13.8 Å². The molecule has 0 amide bonds. The van der Waals surface area contributed by atoms with E-state index in [1.165, 1.54) is 12.1 Å². The van der Waals surface area contributed by atoms with Gasteiger partial charge in [-0.1, -0.05) is 24.2 Å². The van der Waals surface area contributed by atoms with Gasteiger partial charge in [-0.15, -0.1) is 0 Å². The summed E-state index contributed by atoms with van der Waals surface area (Å²) in [6, 6.07) is 5.20. The van der Waals surface area contributed by atoms with Crippen molar-refractivity contribution in [2.24, 2.45) is 4.99 Å². The topological polar surface area (TPSA) is 53.7 Å².